The van der Waals surface area contributed by atoms with Crippen molar-refractivity contribution in [2.24, 2.45) is 0 Å². The van der Waals surface area contributed by atoms with E-state index in [1.54, 1.807) is 18.6 Å². The van der Waals surface area contributed by atoms with E-state index in [4.69, 9.17) is 14.7 Å². The fourth-order valence-corrected chi connectivity index (χ4v) is 4.94. The molecule has 38 heavy (non-hydrogen) atoms. The monoisotopic (exact) mass is 507 g/mol. The quantitative estimate of drug-likeness (QED) is 0.407. The van der Waals surface area contributed by atoms with Crippen LogP contribution in [0, 0.1) is 0 Å². The van der Waals surface area contributed by atoms with Crippen LogP contribution in [0.2, 0.25) is 0 Å². The van der Waals surface area contributed by atoms with Gasteiger partial charge in [-0.2, -0.15) is 4.98 Å². The Bertz CT molecular complexity index is 1410. The van der Waals surface area contributed by atoms with Gasteiger partial charge in [0.1, 0.15) is 5.82 Å². The van der Waals surface area contributed by atoms with E-state index in [9.17, 15) is 4.79 Å². The van der Waals surface area contributed by atoms with Gasteiger partial charge in [-0.3, -0.25) is 14.8 Å². The highest BCUT2D eigenvalue weighted by Crippen LogP contribution is 2.39. The summed E-state index contributed by atoms with van der Waals surface area (Å²) in [5.41, 5.74) is 5.63. The van der Waals surface area contributed by atoms with Crippen molar-refractivity contribution in [3.05, 3.63) is 90.0 Å². The fraction of sp³-hybridized carbons (Fsp3) is 0.276. The maximum absolute atomic E-state index is 13.0. The maximum Gasteiger partial charge on any atom is 0.251 e. The summed E-state index contributed by atoms with van der Waals surface area (Å²) in [7, 11) is 0. The number of pyridine rings is 2. The minimum absolute atomic E-state index is 0.103. The summed E-state index contributed by atoms with van der Waals surface area (Å²) >= 11 is 0. The number of ether oxygens (including phenoxy) is 1. The number of morpholine rings is 1. The molecule has 0 unspecified atom stereocenters. The molecule has 1 aromatic carbocycles. The second-order valence-electron chi connectivity index (χ2n) is 9.33. The molecule has 1 saturated heterocycles. The lowest BCUT2D eigenvalue weighted by Gasteiger charge is -2.28. The molecule has 192 valence electrons. The van der Waals surface area contributed by atoms with E-state index in [0.717, 1.165) is 66.4 Å². The van der Waals surface area contributed by atoms with Gasteiger partial charge in [-0.15, -0.1) is 0 Å². The molecular formula is C29H29N7O2. The lowest BCUT2D eigenvalue weighted by atomic mass is 10.0. The first-order valence-corrected chi connectivity index (χ1v) is 12.9. The number of carbonyl (C=O) groups excluding carboxylic acids is 1. The van der Waals surface area contributed by atoms with Crippen LogP contribution in [0.3, 0.4) is 0 Å². The number of hydrogen-bond acceptors (Lipinski definition) is 8. The van der Waals surface area contributed by atoms with Crippen molar-refractivity contribution in [3.63, 3.8) is 0 Å². The first-order valence-electron chi connectivity index (χ1n) is 12.9. The van der Waals surface area contributed by atoms with Crippen LogP contribution < -0.4 is 15.1 Å². The Morgan fingerprint density at radius 3 is 2.63 bits per heavy atom. The molecule has 9 heteroatoms. The highest BCUT2D eigenvalue weighted by Gasteiger charge is 2.29. The third-order valence-corrected chi connectivity index (χ3v) is 6.90. The van der Waals surface area contributed by atoms with Gasteiger partial charge in [-0.05, 0) is 48.7 Å². The van der Waals surface area contributed by atoms with Crippen molar-refractivity contribution >= 4 is 23.4 Å². The van der Waals surface area contributed by atoms with Crippen LogP contribution in [-0.4, -0.2) is 65.2 Å². The summed E-state index contributed by atoms with van der Waals surface area (Å²) < 4.78 is 5.56. The van der Waals surface area contributed by atoms with Crippen LogP contribution in [0.25, 0.3) is 11.3 Å². The molecule has 5 heterocycles. The number of carbonyl (C=O) groups is 1. The SMILES string of the molecule is O=C(NCCc1cccnc1)c1cccc(-c2nc(N3CCOCC3)nc3c2CCN3c2ccncc2)c1. The Balaban J connectivity index is 1.31. The van der Waals surface area contributed by atoms with E-state index in [1.165, 1.54) is 0 Å². The topological polar surface area (TPSA) is 96.4 Å². The van der Waals surface area contributed by atoms with Crippen LogP contribution in [0.1, 0.15) is 21.5 Å². The molecule has 4 aromatic rings. The molecule has 0 saturated carbocycles. The van der Waals surface area contributed by atoms with Gasteiger partial charge >= 0.3 is 0 Å². The minimum atomic E-state index is -0.103. The Kier molecular flexibility index (Phi) is 6.91. The molecule has 2 aliphatic rings. The lowest BCUT2D eigenvalue weighted by Crippen LogP contribution is -2.37. The van der Waals surface area contributed by atoms with Crippen LogP contribution in [-0.2, 0) is 17.6 Å². The Labute approximate surface area is 221 Å². The Morgan fingerprint density at radius 1 is 0.947 bits per heavy atom. The van der Waals surface area contributed by atoms with Gasteiger partial charge in [0.15, 0.2) is 0 Å². The fourth-order valence-electron chi connectivity index (χ4n) is 4.94. The number of nitrogens with zero attached hydrogens (tertiary/aromatic N) is 6. The van der Waals surface area contributed by atoms with Crippen LogP contribution in [0.4, 0.5) is 17.5 Å². The van der Waals surface area contributed by atoms with Crippen molar-refractivity contribution in [1.82, 2.24) is 25.3 Å². The maximum atomic E-state index is 13.0. The Morgan fingerprint density at radius 2 is 1.82 bits per heavy atom. The zero-order chi connectivity index (χ0) is 25.7. The molecule has 0 atom stereocenters. The largest absolute Gasteiger partial charge is 0.378 e. The first kappa shape index (κ1) is 24.0. The normalized spacial score (nSPS) is 14.8. The van der Waals surface area contributed by atoms with Gasteiger partial charge in [-0.25, -0.2) is 4.98 Å². The molecule has 1 fully saturated rings. The Hall–Kier alpha value is -4.37. The number of benzene rings is 1. The average molecular weight is 508 g/mol. The number of aromatic nitrogens is 4. The summed E-state index contributed by atoms with van der Waals surface area (Å²) in [6.07, 6.45) is 8.72. The third kappa shape index (κ3) is 5.05. The standard InChI is InChI=1S/C29H29N7O2/c37-28(32-13-6-21-3-2-10-31-20-21)23-5-1-4-22(19-23)26-25-9-14-36(24-7-11-30-12-8-24)27(25)34-29(33-26)35-15-17-38-18-16-35/h1-5,7-8,10-12,19-20H,6,9,13-18H2,(H,32,37). The van der Waals surface area contributed by atoms with E-state index in [1.807, 2.05) is 54.7 Å². The molecule has 0 radical (unpaired) electrons. The van der Waals surface area contributed by atoms with Crippen molar-refractivity contribution in [2.75, 3.05) is 49.2 Å². The third-order valence-electron chi connectivity index (χ3n) is 6.90. The molecule has 6 rings (SSSR count). The second-order valence-corrected chi connectivity index (χ2v) is 9.33. The number of anilines is 3. The van der Waals surface area contributed by atoms with Crippen LogP contribution in [0.5, 0.6) is 0 Å². The number of rotatable bonds is 7. The molecule has 1 amide bonds. The molecule has 3 aromatic heterocycles. The summed E-state index contributed by atoms with van der Waals surface area (Å²) in [6, 6.07) is 15.6. The van der Waals surface area contributed by atoms with E-state index in [0.29, 0.717) is 31.3 Å². The van der Waals surface area contributed by atoms with Gasteiger partial charge in [0, 0.05) is 73.3 Å². The van der Waals surface area contributed by atoms with Crippen molar-refractivity contribution in [1.29, 1.82) is 0 Å². The van der Waals surface area contributed by atoms with E-state index in [2.05, 4.69) is 25.1 Å². The molecule has 0 spiro atoms. The predicted molar refractivity (Wildman–Crippen MR) is 146 cm³/mol. The van der Waals surface area contributed by atoms with Gasteiger partial charge < -0.3 is 19.9 Å². The van der Waals surface area contributed by atoms with E-state index >= 15 is 0 Å². The van der Waals surface area contributed by atoms with Crippen LogP contribution >= 0.6 is 0 Å². The predicted octanol–water partition coefficient (Wildman–Crippen LogP) is 3.44. The van der Waals surface area contributed by atoms with Gasteiger partial charge in [0.25, 0.3) is 5.91 Å². The zero-order valence-corrected chi connectivity index (χ0v) is 21.1. The van der Waals surface area contributed by atoms with Crippen molar-refractivity contribution < 1.29 is 9.53 Å². The lowest BCUT2D eigenvalue weighted by molar-refractivity contribution is 0.0954. The zero-order valence-electron chi connectivity index (χ0n) is 21.1. The number of nitrogens with one attached hydrogen (secondary N) is 1. The highest BCUT2D eigenvalue weighted by atomic mass is 16.5. The van der Waals surface area contributed by atoms with Gasteiger partial charge in [0.2, 0.25) is 5.95 Å². The summed E-state index contributed by atoms with van der Waals surface area (Å²) in [4.78, 5) is 35.8. The number of hydrogen-bond donors (Lipinski definition) is 1. The summed E-state index contributed by atoms with van der Waals surface area (Å²) in [6.45, 7) is 4.14. The smallest absolute Gasteiger partial charge is 0.251 e. The summed E-state index contributed by atoms with van der Waals surface area (Å²) in [5, 5.41) is 3.03. The molecule has 2 aliphatic heterocycles. The average Bonchev–Trinajstić information content (AvgIpc) is 3.42. The van der Waals surface area contributed by atoms with Gasteiger partial charge in [-0.1, -0.05) is 18.2 Å². The minimum Gasteiger partial charge on any atom is -0.378 e. The van der Waals surface area contributed by atoms with E-state index < -0.39 is 0 Å². The molecule has 0 aliphatic carbocycles. The van der Waals surface area contributed by atoms with Gasteiger partial charge in [0.05, 0.1) is 18.9 Å². The first-order chi connectivity index (χ1) is 18.8. The number of amides is 1. The molecular weight excluding hydrogens is 478 g/mol. The molecule has 9 nitrogen and oxygen atoms in total. The highest BCUT2D eigenvalue weighted by molar-refractivity contribution is 5.95. The second kappa shape index (κ2) is 10.9. The van der Waals surface area contributed by atoms with Crippen molar-refractivity contribution in [2.45, 2.75) is 12.8 Å². The number of fused-ring (bicyclic) bond motifs is 1. The molecule has 0 bridgehead atoms. The molecule has 1 N–H and O–H groups in total. The van der Waals surface area contributed by atoms with E-state index in [-0.39, 0.29) is 5.91 Å². The van der Waals surface area contributed by atoms with Crippen LogP contribution in [0.15, 0.2) is 73.3 Å². The van der Waals surface area contributed by atoms with Crippen molar-refractivity contribution in [3.8, 4) is 11.3 Å². The summed E-state index contributed by atoms with van der Waals surface area (Å²) in [5.74, 6) is 1.50.